The van der Waals surface area contributed by atoms with Gasteiger partial charge in [0.05, 0.1) is 22.2 Å². The summed E-state index contributed by atoms with van der Waals surface area (Å²) in [5.74, 6) is 1.72. The van der Waals surface area contributed by atoms with Crippen LogP contribution in [-0.4, -0.2) is 0 Å². The summed E-state index contributed by atoms with van der Waals surface area (Å²) in [4.78, 5) is 2.46. The molecule has 3 nitrogen and oxygen atoms in total. The summed E-state index contributed by atoms with van der Waals surface area (Å²) in [6, 6.07) is 81.3. The highest BCUT2D eigenvalue weighted by Crippen LogP contribution is 2.61. The van der Waals surface area contributed by atoms with Gasteiger partial charge in [-0.05, 0) is 81.9 Å². The van der Waals surface area contributed by atoms with Gasteiger partial charge in [0.25, 0.3) is 0 Å². The molecule has 0 aliphatic carbocycles. The second-order valence-corrected chi connectivity index (χ2v) is 15.6. The van der Waals surface area contributed by atoms with Gasteiger partial charge in [-0.1, -0.05) is 176 Å². The third-order valence-electron chi connectivity index (χ3n) is 12.7. The van der Waals surface area contributed by atoms with Crippen LogP contribution in [0.15, 0.2) is 229 Å². The fourth-order valence-electron chi connectivity index (χ4n) is 10.3. The molecule has 0 amide bonds. The highest BCUT2D eigenvalue weighted by atomic mass is 16.5. The van der Waals surface area contributed by atoms with Crippen molar-refractivity contribution in [3.05, 3.63) is 269 Å². The highest BCUT2D eigenvalue weighted by molar-refractivity contribution is 6.07. The van der Waals surface area contributed by atoms with Gasteiger partial charge in [0.2, 0.25) is 0 Å². The Morgan fingerprint density at radius 3 is 1.46 bits per heavy atom. The second kappa shape index (κ2) is 13.0. The zero-order valence-electron chi connectivity index (χ0n) is 32.1. The zero-order chi connectivity index (χ0) is 39.0. The molecular formula is C56H37NO2. The topological polar surface area (TPSA) is 25.6 Å². The van der Waals surface area contributed by atoms with E-state index in [-0.39, 0.29) is 0 Å². The van der Waals surface area contributed by atoms with Gasteiger partial charge in [0.1, 0.15) is 22.7 Å². The number of furan rings is 1. The molecular weight excluding hydrogens is 719 g/mol. The Kier molecular flexibility index (Phi) is 7.36. The lowest BCUT2D eigenvalue weighted by atomic mass is 9.59. The van der Waals surface area contributed by atoms with Crippen LogP contribution in [0.1, 0.15) is 44.5 Å². The molecule has 0 spiro atoms. The van der Waals surface area contributed by atoms with E-state index in [0.29, 0.717) is 0 Å². The first-order valence-corrected chi connectivity index (χ1v) is 20.3. The lowest BCUT2D eigenvalue weighted by molar-refractivity contribution is 0.434. The predicted molar refractivity (Wildman–Crippen MR) is 239 cm³/mol. The van der Waals surface area contributed by atoms with E-state index in [1.165, 1.54) is 27.8 Å². The molecule has 0 unspecified atom stereocenters. The fraction of sp³-hybridized carbons (Fsp3) is 0.0357. The molecule has 0 bridgehead atoms. The van der Waals surface area contributed by atoms with Crippen LogP contribution in [0.2, 0.25) is 0 Å². The van der Waals surface area contributed by atoms with E-state index in [0.717, 1.165) is 67.2 Å². The van der Waals surface area contributed by atoms with E-state index in [4.69, 9.17) is 9.15 Å². The van der Waals surface area contributed by atoms with E-state index in [2.05, 4.69) is 217 Å². The number of ether oxygens (including phenoxy) is 1. The van der Waals surface area contributed by atoms with E-state index < -0.39 is 10.8 Å². The maximum absolute atomic E-state index is 6.73. The van der Waals surface area contributed by atoms with Crippen LogP contribution in [0, 0.1) is 0 Å². The van der Waals surface area contributed by atoms with Crippen molar-refractivity contribution in [2.75, 3.05) is 4.90 Å². The molecule has 0 fully saturated rings. The van der Waals surface area contributed by atoms with Crippen molar-refractivity contribution in [2.45, 2.75) is 10.8 Å². The smallest absolute Gasteiger partial charge is 0.135 e. The van der Waals surface area contributed by atoms with Crippen molar-refractivity contribution in [2.24, 2.45) is 0 Å². The lowest BCUT2D eigenvalue weighted by Crippen LogP contribution is -2.39. The number of nitrogens with zero attached hydrogens (tertiary/aromatic N) is 1. The number of fused-ring (bicyclic) bond motifs is 7. The zero-order valence-corrected chi connectivity index (χ0v) is 32.1. The first-order valence-electron chi connectivity index (χ1n) is 20.3. The van der Waals surface area contributed by atoms with E-state index >= 15 is 0 Å². The number of hydrogen-bond acceptors (Lipinski definition) is 3. The lowest BCUT2D eigenvalue weighted by Gasteiger charge is -2.48. The second-order valence-electron chi connectivity index (χ2n) is 15.6. The first kappa shape index (κ1) is 33.5. The first-order chi connectivity index (χ1) is 29.3. The number of hydrogen-bond donors (Lipinski definition) is 0. The van der Waals surface area contributed by atoms with Crippen LogP contribution in [0.5, 0.6) is 11.5 Å². The molecule has 0 radical (unpaired) electrons. The number of rotatable bonds is 5. The maximum Gasteiger partial charge on any atom is 0.135 e. The quantitative estimate of drug-likeness (QED) is 0.175. The Morgan fingerprint density at radius 1 is 0.322 bits per heavy atom. The van der Waals surface area contributed by atoms with Crippen molar-refractivity contribution in [1.29, 1.82) is 0 Å². The van der Waals surface area contributed by atoms with Gasteiger partial charge in [-0.25, -0.2) is 0 Å². The number of benzene rings is 9. The van der Waals surface area contributed by atoms with Crippen LogP contribution in [0.3, 0.4) is 0 Å². The minimum Gasteiger partial charge on any atom is -0.457 e. The number of anilines is 3. The molecule has 0 saturated heterocycles. The molecule has 9 aromatic carbocycles. The van der Waals surface area contributed by atoms with Crippen LogP contribution in [0.25, 0.3) is 21.9 Å². The summed E-state index contributed by atoms with van der Waals surface area (Å²) in [5, 5.41) is 2.20. The van der Waals surface area contributed by atoms with Gasteiger partial charge in [-0.2, -0.15) is 0 Å². The molecule has 0 N–H and O–H groups in total. The minimum atomic E-state index is -0.697. The van der Waals surface area contributed by atoms with Crippen LogP contribution >= 0.6 is 0 Å². The third-order valence-corrected chi connectivity index (χ3v) is 12.7. The molecule has 2 aliphatic rings. The molecule has 3 heterocycles. The third kappa shape index (κ3) is 4.70. The largest absolute Gasteiger partial charge is 0.457 e. The molecule has 0 saturated carbocycles. The van der Waals surface area contributed by atoms with E-state index in [9.17, 15) is 0 Å². The molecule has 10 aromatic rings. The Morgan fingerprint density at radius 2 is 0.814 bits per heavy atom. The Labute approximate surface area is 343 Å². The van der Waals surface area contributed by atoms with Gasteiger partial charge in [0.15, 0.2) is 0 Å². The summed E-state index contributed by atoms with van der Waals surface area (Å²) in [6.45, 7) is 0. The molecule has 59 heavy (non-hydrogen) atoms. The molecule has 3 heteroatoms. The summed E-state index contributed by atoms with van der Waals surface area (Å²) < 4.78 is 13.1. The van der Waals surface area contributed by atoms with Crippen molar-refractivity contribution < 1.29 is 9.15 Å². The average Bonchev–Trinajstić information content (AvgIpc) is 3.69. The van der Waals surface area contributed by atoms with Crippen molar-refractivity contribution >= 4 is 39.0 Å². The standard InChI is InChI=1S/C56H37NO2/c1-4-18-38(19-5-1)55(39-20-6-2-7-21-39)45-25-11-14-28-49(45)57(42-33-35-52-44(37-42)43-24-10-15-29-51(43)58-52)50-34-32-41(36-48(50)55)56(40-22-8-3-9-23-40)46-26-12-16-30-53(46)59-54-31-17-13-27-47(54)56/h1-37H. The summed E-state index contributed by atoms with van der Waals surface area (Å²) in [5.41, 5.74) is 13.1. The van der Waals surface area contributed by atoms with Crippen molar-refractivity contribution in [1.82, 2.24) is 0 Å². The number of para-hydroxylation sites is 4. The van der Waals surface area contributed by atoms with Crippen LogP contribution in [-0.2, 0) is 10.8 Å². The van der Waals surface area contributed by atoms with E-state index in [1.807, 2.05) is 12.1 Å². The maximum atomic E-state index is 6.73. The molecule has 0 atom stereocenters. The fourth-order valence-corrected chi connectivity index (χ4v) is 10.3. The van der Waals surface area contributed by atoms with Crippen molar-refractivity contribution in [3.63, 3.8) is 0 Å². The minimum absolute atomic E-state index is 0.685. The molecule has 278 valence electrons. The Bertz CT molecular complexity index is 3120. The van der Waals surface area contributed by atoms with Gasteiger partial charge in [-0.3, -0.25) is 0 Å². The summed E-state index contributed by atoms with van der Waals surface area (Å²) in [6.07, 6.45) is 0. The van der Waals surface area contributed by atoms with Crippen molar-refractivity contribution in [3.8, 4) is 11.5 Å². The molecule has 2 aliphatic heterocycles. The Hall–Kier alpha value is -7.62. The van der Waals surface area contributed by atoms with Gasteiger partial charge < -0.3 is 14.1 Å². The van der Waals surface area contributed by atoms with E-state index in [1.54, 1.807) is 0 Å². The molecule has 12 rings (SSSR count). The normalized spacial score (nSPS) is 14.5. The van der Waals surface area contributed by atoms with Gasteiger partial charge in [-0.15, -0.1) is 0 Å². The average molecular weight is 756 g/mol. The SMILES string of the molecule is c1ccc(C2(c3ccc4c(c3)C(c3ccccc3)(c3ccccc3)c3ccccc3N4c3ccc4oc5ccccc5c4c3)c3ccccc3Oc3ccccc32)cc1. The monoisotopic (exact) mass is 755 g/mol. The highest BCUT2D eigenvalue weighted by Gasteiger charge is 2.50. The summed E-state index contributed by atoms with van der Waals surface area (Å²) in [7, 11) is 0. The molecule has 1 aromatic heterocycles. The van der Waals surface area contributed by atoms with Crippen LogP contribution in [0.4, 0.5) is 17.1 Å². The Balaban J connectivity index is 1.24. The van der Waals surface area contributed by atoms with Crippen LogP contribution < -0.4 is 9.64 Å². The van der Waals surface area contributed by atoms with Gasteiger partial charge in [0, 0.05) is 27.6 Å². The van der Waals surface area contributed by atoms with Gasteiger partial charge >= 0.3 is 0 Å². The summed E-state index contributed by atoms with van der Waals surface area (Å²) >= 11 is 0. The predicted octanol–water partition coefficient (Wildman–Crippen LogP) is 14.2.